The highest BCUT2D eigenvalue weighted by molar-refractivity contribution is 7.10. The molecule has 5 nitrogen and oxygen atoms in total. The number of thiophene rings is 1. The first-order valence-electron chi connectivity index (χ1n) is 9.66. The SMILES string of the molecule is CC(C)c1ccc([C@@H]2C=C3Nc4ncnn4[C@@H](c4cccs4)[C@@H]3C(=O)C2)cc1. The van der Waals surface area contributed by atoms with Gasteiger partial charge in [-0.2, -0.15) is 10.1 Å². The van der Waals surface area contributed by atoms with Crippen molar-refractivity contribution < 1.29 is 4.79 Å². The lowest BCUT2D eigenvalue weighted by Gasteiger charge is -2.37. The highest BCUT2D eigenvalue weighted by atomic mass is 32.1. The molecule has 0 bridgehead atoms. The molecule has 28 heavy (non-hydrogen) atoms. The van der Waals surface area contributed by atoms with E-state index >= 15 is 0 Å². The van der Waals surface area contributed by atoms with Crippen LogP contribution in [0.1, 0.15) is 54.1 Å². The quantitative estimate of drug-likeness (QED) is 0.702. The Bertz CT molecular complexity index is 1030. The molecule has 5 rings (SSSR count). The fraction of sp³-hybridized carbons (Fsp3) is 0.318. The first-order chi connectivity index (χ1) is 13.6. The third kappa shape index (κ3) is 2.79. The second kappa shape index (κ2) is 6.71. The Hall–Kier alpha value is -2.73. The lowest BCUT2D eigenvalue weighted by Crippen LogP contribution is -2.39. The molecule has 3 heterocycles. The Morgan fingerprint density at radius 1 is 1.21 bits per heavy atom. The van der Waals surface area contributed by atoms with E-state index in [1.54, 1.807) is 17.7 Å². The molecule has 142 valence electrons. The van der Waals surface area contributed by atoms with Crippen molar-refractivity contribution in [3.63, 3.8) is 0 Å². The van der Waals surface area contributed by atoms with Crippen molar-refractivity contribution in [3.05, 3.63) is 75.9 Å². The van der Waals surface area contributed by atoms with Gasteiger partial charge < -0.3 is 5.32 Å². The number of fused-ring (bicyclic) bond motifs is 2. The molecule has 0 saturated carbocycles. The maximum Gasteiger partial charge on any atom is 0.226 e. The molecule has 6 heteroatoms. The summed E-state index contributed by atoms with van der Waals surface area (Å²) in [5, 5.41) is 9.80. The highest BCUT2D eigenvalue weighted by Crippen LogP contribution is 2.45. The van der Waals surface area contributed by atoms with Gasteiger partial charge in [-0.1, -0.05) is 50.3 Å². The summed E-state index contributed by atoms with van der Waals surface area (Å²) in [5.41, 5.74) is 3.45. The van der Waals surface area contributed by atoms with E-state index in [0.29, 0.717) is 18.3 Å². The fourth-order valence-corrected chi connectivity index (χ4v) is 5.11. The Morgan fingerprint density at radius 2 is 2.04 bits per heavy atom. The number of aromatic nitrogens is 3. The van der Waals surface area contributed by atoms with Gasteiger partial charge in [0.25, 0.3) is 0 Å². The zero-order valence-corrected chi connectivity index (χ0v) is 16.7. The van der Waals surface area contributed by atoms with Gasteiger partial charge in [-0.25, -0.2) is 4.68 Å². The molecule has 1 aromatic carbocycles. The number of hydrogen-bond donors (Lipinski definition) is 1. The lowest BCUT2D eigenvalue weighted by molar-refractivity contribution is -0.123. The molecular weight excluding hydrogens is 368 g/mol. The molecule has 0 fully saturated rings. The van der Waals surface area contributed by atoms with Gasteiger partial charge in [-0.05, 0) is 28.5 Å². The van der Waals surface area contributed by atoms with Crippen LogP contribution >= 0.6 is 11.3 Å². The summed E-state index contributed by atoms with van der Waals surface area (Å²) in [4.78, 5) is 18.8. The Morgan fingerprint density at radius 3 is 2.75 bits per heavy atom. The van der Waals surface area contributed by atoms with Crippen LogP contribution in [-0.4, -0.2) is 20.5 Å². The van der Waals surface area contributed by atoms with Crippen molar-refractivity contribution >= 4 is 23.1 Å². The zero-order chi connectivity index (χ0) is 19.3. The first kappa shape index (κ1) is 17.4. The number of nitrogens with zero attached hydrogens (tertiary/aromatic N) is 3. The monoisotopic (exact) mass is 390 g/mol. The molecule has 1 N–H and O–H groups in total. The summed E-state index contributed by atoms with van der Waals surface area (Å²) < 4.78 is 1.85. The molecule has 1 aliphatic heterocycles. The van der Waals surface area contributed by atoms with Crippen molar-refractivity contribution in [1.29, 1.82) is 0 Å². The summed E-state index contributed by atoms with van der Waals surface area (Å²) in [6.45, 7) is 4.39. The molecule has 2 aromatic heterocycles. The maximum atomic E-state index is 13.3. The number of ketones is 1. The molecule has 3 aromatic rings. The van der Waals surface area contributed by atoms with E-state index in [0.717, 1.165) is 10.6 Å². The predicted molar refractivity (Wildman–Crippen MR) is 111 cm³/mol. The minimum atomic E-state index is -0.237. The number of anilines is 1. The van der Waals surface area contributed by atoms with E-state index in [1.165, 1.54) is 11.1 Å². The smallest absolute Gasteiger partial charge is 0.226 e. The van der Waals surface area contributed by atoms with Crippen molar-refractivity contribution in [1.82, 2.24) is 14.8 Å². The van der Waals surface area contributed by atoms with Crippen LogP contribution in [-0.2, 0) is 4.79 Å². The molecular formula is C22H22N4OS. The first-order valence-corrected chi connectivity index (χ1v) is 10.5. The molecule has 2 aliphatic rings. The van der Waals surface area contributed by atoms with Crippen molar-refractivity contribution in [2.45, 2.75) is 38.1 Å². The summed E-state index contributed by atoms with van der Waals surface area (Å²) >= 11 is 1.66. The molecule has 0 radical (unpaired) electrons. The van der Waals surface area contributed by atoms with E-state index in [4.69, 9.17) is 0 Å². The second-order valence-electron chi connectivity index (χ2n) is 7.81. The summed E-state index contributed by atoms with van der Waals surface area (Å²) in [7, 11) is 0. The Balaban J connectivity index is 1.55. The fourth-order valence-electron chi connectivity index (χ4n) is 4.26. The van der Waals surface area contributed by atoms with Crippen LogP contribution in [0.4, 0.5) is 5.95 Å². The van der Waals surface area contributed by atoms with E-state index in [9.17, 15) is 4.79 Å². The number of carbonyl (C=O) groups excluding carboxylic acids is 1. The average molecular weight is 391 g/mol. The number of Topliss-reactive ketones (excluding diaryl/α,β-unsaturated/α-hetero) is 1. The van der Waals surface area contributed by atoms with Gasteiger partial charge in [0.2, 0.25) is 5.95 Å². The normalized spacial score (nSPS) is 23.8. The highest BCUT2D eigenvalue weighted by Gasteiger charge is 2.43. The third-order valence-electron chi connectivity index (χ3n) is 5.76. The summed E-state index contributed by atoms with van der Waals surface area (Å²) in [6.07, 6.45) is 4.28. The molecule has 0 spiro atoms. The molecule has 1 aliphatic carbocycles. The second-order valence-corrected chi connectivity index (χ2v) is 8.79. The number of benzene rings is 1. The standard InChI is InChI=1S/C22H22N4OS/c1-13(2)14-5-7-15(8-6-14)16-10-17-20(18(27)11-16)21(19-4-3-9-28-19)26-22(25-17)23-12-24-26/h3-10,12-13,16,20-21H,11H2,1-2H3,(H,23,24,25)/t16-,20+,21+/m1/s1. The van der Waals surface area contributed by atoms with Crippen LogP contribution < -0.4 is 5.32 Å². The number of carbonyl (C=O) groups is 1. The predicted octanol–water partition coefficient (Wildman–Crippen LogP) is 4.73. The van der Waals surface area contributed by atoms with Crippen LogP contribution in [0.5, 0.6) is 0 Å². The summed E-state index contributed by atoms with van der Waals surface area (Å²) in [6, 6.07) is 12.6. The third-order valence-corrected chi connectivity index (χ3v) is 6.70. The van der Waals surface area contributed by atoms with Gasteiger partial charge in [0, 0.05) is 22.9 Å². The number of allylic oxidation sites excluding steroid dienone is 2. The van der Waals surface area contributed by atoms with Gasteiger partial charge in [0.1, 0.15) is 18.2 Å². The van der Waals surface area contributed by atoms with Crippen molar-refractivity contribution in [2.24, 2.45) is 5.92 Å². The van der Waals surface area contributed by atoms with Gasteiger partial charge in [0.15, 0.2) is 0 Å². The topological polar surface area (TPSA) is 59.8 Å². The van der Waals surface area contributed by atoms with Crippen LogP contribution in [0, 0.1) is 5.92 Å². The number of nitrogens with one attached hydrogen (secondary N) is 1. The Labute approximate surface area is 168 Å². The minimum Gasteiger partial charge on any atom is -0.328 e. The van der Waals surface area contributed by atoms with Gasteiger partial charge in [-0.3, -0.25) is 4.79 Å². The number of rotatable bonds is 3. The van der Waals surface area contributed by atoms with Crippen LogP contribution in [0.2, 0.25) is 0 Å². The molecule has 0 amide bonds. The maximum absolute atomic E-state index is 13.3. The zero-order valence-electron chi connectivity index (χ0n) is 15.9. The number of hydrogen-bond acceptors (Lipinski definition) is 5. The van der Waals surface area contributed by atoms with Crippen molar-refractivity contribution in [2.75, 3.05) is 5.32 Å². The van der Waals surface area contributed by atoms with E-state index in [1.807, 2.05) is 16.1 Å². The minimum absolute atomic E-state index is 0.0888. The average Bonchev–Trinajstić information content (AvgIpc) is 3.38. The lowest BCUT2D eigenvalue weighted by atomic mass is 9.77. The van der Waals surface area contributed by atoms with E-state index < -0.39 is 0 Å². The molecule has 3 atom stereocenters. The largest absolute Gasteiger partial charge is 0.328 e. The van der Waals surface area contributed by atoms with E-state index in [2.05, 4.69) is 65.7 Å². The van der Waals surface area contributed by atoms with Gasteiger partial charge in [-0.15, -0.1) is 11.3 Å². The Kier molecular flexibility index (Phi) is 4.16. The van der Waals surface area contributed by atoms with Crippen molar-refractivity contribution in [3.8, 4) is 0 Å². The molecule has 0 unspecified atom stereocenters. The van der Waals surface area contributed by atoms with Crippen LogP contribution in [0.25, 0.3) is 0 Å². The van der Waals surface area contributed by atoms with Crippen LogP contribution in [0.15, 0.2) is 59.9 Å². The summed E-state index contributed by atoms with van der Waals surface area (Å²) in [5.74, 6) is 1.31. The van der Waals surface area contributed by atoms with Crippen LogP contribution in [0.3, 0.4) is 0 Å². The van der Waals surface area contributed by atoms with Gasteiger partial charge >= 0.3 is 0 Å². The van der Waals surface area contributed by atoms with Gasteiger partial charge in [0.05, 0.1) is 5.92 Å². The van der Waals surface area contributed by atoms with E-state index in [-0.39, 0.29) is 23.7 Å². The molecule has 0 saturated heterocycles.